The molecule has 1 heterocycles. The van der Waals surface area contributed by atoms with Crippen LogP contribution in [0.5, 0.6) is 0 Å². The molecule has 3 nitrogen and oxygen atoms in total. The van der Waals surface area contributed by atoms with Gasteiger partial charge in [0.2, 0.25) is 0 Å². The summed E-state index contributed by atoms with van der Waals surface area (Å²) in [5.74, 6) is 0. The second kappa shape index (κ2) is 3.98. The van der Waals surface area contributed by atoms with Crippen LogP contribution in [0.15, 0.2) is 18.2 Å². The van der Waals surface area contributed by atoms with Gasteiger partial charge >= 0.3 is 0 Å². The van der Waals surface area contributed by atoms with Crippen LogP contribution in [0, 0.1) is 0 Å². The van der Waals surface area contributed by atoms with Gasteiger partial charge in [-0.05, 0) is 6.42 Å². The Hall–Kier alpha value is -1.06. The minimum atomic E-state index is 0.0760. The molecule has 0 amide bonds. The predicted octanol–water partition coefficient (Wildman–Crippen LogP) is 1.68. The highest BCUT2D eigenvalue weighted by atomic mass is 16.5. The highest BCUT2D eigenvalue weighted by Gasteiger charge is 2.20. The Morgan fingerprint density at radius 1 is 1.57 bits per heavy atom. The summed E-state index contributed by atoms with van der Waals surface area (Å²) >= 11 is 0. The molecule has 1 atom stereocenters. The number of methoxy groups -OCH3 is 1. The lowest BCUT2D eigenvalue weighted by Gasteiger charge is -2.27. The highest BCUT2D eigenvalue weighted by molar-refractivity contribution is 5.59. The summed E-state index contributed by atoms with van der Waals surface area (Å²) in [6.45, 7) is 0.981. The number of aliphatic hydroxyl groups excluding tert-OH is 1. The van der Waals surface area contributed by atoms with Gasteiger partial charge in [0.15, 0.2) is 0 Å². The van der Waals surface area contributed by atoms with Gasteiger partial charge in [-0.2, -0.15) is 0 Å². The van der Waals surface area contributed by atoms with E-state index in [0.717, 1.165) is 29.8 Å². The third-order valence-electron chi connectivity index (χ3n) is 2.69. The molecule has 1 aromatic rings. The fraction of sp³-hybridized carbons (Fsp3) is 0.455. The third kappa shape index (κ3) is 1.49. The van der Waals surface area contributed by atoms with E-state index in [-0.39, 0.29) is 12.7 Å². The molecule has 0 fully saturated rings. The first-order chi connectivity index (χ1) is 6.86. The van der Waals surface area contributed by atoms with Crippen molar-refractivity contribution in [1.82, 2.24) is 0 Å². The minimum absolute atomic E-state index is 0.0760. The molecule has 0 bridgehead atoms. The molecule has 0 aliphatic carbocycles. The molecular weight excluding hydrogens is 178 g/mol. The van der Waals surface area contributed by atoms with Crippen LogP contribution in [0.2, 0.25) is 0 Å². The molecule has 1 aromatic carbocycles. The Bertz CT molecular complexity index is 325. The lowest BCUT2D eigenvalue weighted by Crippen LogP contribution is -2.19. The topological polar surface area (TPSA) is 41.5 Å². The Morgan fingerprint density at radius 3 is 3.14 bits per heavy atom. The van der Waals surface area contributed by atoms with E-state index in [1.165, 1.54) is 0 Å². The second-order valence-corrected chi connectivity index (χ2v) is 3.48. The zero-order valence-electron chi connectivity index (χ0n) is 8.29. The summed E-state index contributed by atoms with van der Waals surface area (Å²) in [6.07, 6.45) is 1.15. The van der Waals surface area contributed by atoms with Crippen LogP contribution in [-0.4, -0.2) is 18.8 Å². The number of hydrogen-bond acceptors (Lipinski definition) is 3. The Morgan fingerprint density at radius 2 is 2.43 bits per heavy atom. The zero-order chi connectivity index (χ0) is 9.97. The maximum absolute atomic E-state index is 9.17. The number of fused-ring (bicyclic) bond motifs is 1. The first-order valence-electron chi connectivity index (χ1n) is 4.86. The lowest BCUT2D eigenvalue weighted by molar-refractivity contribution is 0.0963. The number of ether oxygens (including phenoxy) is 1. The molecule has 0 saturated carbocycles. The number of benzene rings is 1. The SMILES string of the molecule is COC1CCNc2c(CO)cccc21. The van der Waals surface area contributed by atoms with Gasteiger partial charge in [-0.3, -0.25) is 0 Å². The summed E-state index contributed by atoms with van der Waals surface area (Å²) in [7, 11) is 1.73. The molecule has 1 aliphatic heterocycles. The molecule has 1 unspecified atom stereocenters. The van der Waals surface area contributed by atoms with Crippen LogP contribution in [0.25, 0.3) is 0 Å². The van der Waals surface area contributed by atoms with Crippen LogP contribution in [0.1, 0.15) is 23.7 Å². The molecule has 2 rings (SSSR count). The smallest absolute Gasteiger partial charge is 0.0857 e. The molecule has 0 radical (unpaired) electrons. The monoisotopic (exact) mass is 193 g/mol. The van der Waals surface area contributed by atoms with Gasteiger partial charge in [-0.15, -0.1) is 0 Å². The van der Waals surface area contributed by atoms with Crippen LogP contribution in [-0.2, 0) is 11.3 Å². The summed E-state index contributed by atoms with van der Waals surface area (Å²) in [5, 5.41) is 12.5. The van der Waals surface area contributed by atoms with Gasteiger partial charge < -0.3 is 15.2 Å². The standard InChI is InChI=1S/C11H15NO2/c1-14-10-5-6-12-11-8(7-13)3-2-4-9(10)11/h2-4,10,12-13H,5-7H2,1H3. The number of para-hydroxylation sites is 1. The minimum Gasteiger partial charge on any atom is -0.392 e. The number of aliphatic hydroxyl groups is 1. The molecule has 0 spiro atoms. The molecule has 14 heavy (non-hydrogen) atoms. The van der Waals surface area contributed by atoms with Crippen molar-refractivity contribution in [3.63, 3.8) is 0 Å². The first kappa shape index (κ1) is 9.49. The van der Waals surface area contributed by atoms with Crippen molar-refractivity contribution in [1.29, 1.82) is 0 Å². The second-order valence-electron chi connectivity index (χ2n) is 3.48. The Labute approximate surface area is 83.7 Å². The number of nitrogens with one attached hydrogen (secondary N) is 1. The zero-order valence-corrected chi connectivity index (χ0v) is 8.29. The molecule has 76 valence electrons. The average molecular weight is 193 g/mol. The molecule has 2 N–H and O–H groups in total. The van der Waals surface area contributed by atoms with Gasteiger partial charge in [-0.1, -0.05) is 18.2 Å². The fourth-order valence-corrected chi connectivity index (χ4v) is 1.96. The van der Waals surface area contributed by atoms with Crippen LogP contribution < -0.4 is 5.32 Å². The molecule has 0 saturated heterocycles. The van der Waals surface area contributed by atoms with Crippen molar-refractivity contribution >= 4 is 5.69 Å². The van der Waals surface area contributed by atoms with Gasteiger partial charge in [0.05, 0.1) is 12.7 Å². The van der Waals surface area contributed by atoms with Crippen molar-refractivity contribution in [3.8, 4) is 0 Å². The van der Waals surface area contributed by atoms with E-state index in [1.54, 1.807) is 7.11 Å². The van der Waals surface area contributed by atoms with Crippen molar-refractivity contribution < 1.29 is 9.84 Å². The van der Waals surface area contributed by atoms with Crippen molar-refractivity contribution in [3.05, 3.63) is 29.3 Å². The Balaban J connectivity index is 2.43. The van der Waals surface area contributed by atoms with Gasteiger partial charge in [-0.25, -0.2) is 0 Å². The number of rotatable bonds is 2. The van der Waals surface area contributed by atoms with E-state index >= 15 is 0 Å². The highest BCUT2D eigenvalue weighted by Crippen LogP contribution is 2.34. The molecule has 1 aliphatic rings. The van der Waals surface area contributed by atoms with Crippen LogP contribution >= 0.6 is 0 Å². The lowest BCUT2D eigenvalue weighted by atomic mass is 9.97. The summed E-state index contributed by atoms with van der Waals surface area (Å²) in [5.41, 5.74) is 3.16. The van der Waals surface area contributed by atoms with E-state index in [2.05, 4.69) is 11.4 Å². The normalized spacial score (nSPS) is 20.0. The van der Waals surface area contributed by atoms with E-state index in [9.17, 15) is 5.11 Å². The van der Waals surface area contributed by atoms with E-state index in [0.29, 0.717) is 0 Å². The fourth-order valence-electron chi connectivity index (χ4n) is 1.96. The Kier molecular flexibility index (Phi) is 2.70. The van der Waals surface area contributed by atoms with Crippen LogP contribution in [0.3, 0.4) is 0 Å². The first-order valence-corrected chi connectivity index (χ1v) is 4.86. The largest absolute Gasteiger partial charge is 0.392 e. The molecular formula is C11H15NO2. The molecule has 3 heteroatoms. The summed E-state index contributed by atoms with van der Waals surface area (Å²) < 4.78 is 5.40. The van der Waals surface area contributed by atoms with Crippen molar-refractivity contribution in [2.45, 2.75) is 19.1 Å². The molecule has 0 aromatic heterocycles. The van der Waals surface area contributed by atoms with Gasteiger partial charge in [0.25, 0.3) is 0 Å². The maximum atomic E-state index is 9.17. The average Bonchev–Trinajstić information content (AvgIpc) is 2.27. The van der Waals surface area contributed by atoms with Crippen molar-refractivity contribution in [2.75, 3.05) is 19.0 Å². The number of anilines is 1. The third-order valence-corrected chi connectivity index (χ3v) is 2.69. The van der Waals surface area contributed by atoms with Crippen LogP contribution in [0.4, 0.5) is 5.69 Å². The van der Waals surface area contributed by atoms with Crippen molar-refractivity contribution in [2.24, 2.45) is 0 Å². The summed E-state index contributed by atoms with van der Waals surface area (Å²) in [4.78, 5) is 0. The summed E-state index contributed by atoms with van der Waals surface area (Å²) in [6, 6.07) is 5.95. The number of hydrogen-bond donors (Lipinski definition) is 2. The van der Waals surface area contributed by atoms with Gasteiger partial charge in [0.1, 0.15) is 0 Å². The van der Waals surface area contributed by atoms with E-state index < -0.39 is 0 Å². The predicted molar refractivity (Wildman–Crippen MR) is 55.2 cm³/mol. The quantitative estimate of drug-likeness (QED) is 0.751. The van der Waals surface area contributed by atoms with E-state index in [4.69, 9.17) is 4.74 Å². The maximum Gasteiger partial charge on any atom is 0.0857 e. The van der Waals surface area contributed by atoms with Gasteiger partial charge in [0, 0.05) is 30.5 Å². The van der Waals surface area contributed by atoms with E-state index in [1.807, 2.05) is 12.1 Å².